The number of nitrogens with two attached hydrogens (primary N) is 1. The average molecular weight is 396 g/mol. The van der Waals surface area contributed by atoms with Crippen molar-refractivity contribution in [2.75, 3.05) is 11.1 Å². The number of carbonyl (C=O) groups is 2. The highest BCUT2D eigenvalue weighted by atomic mass is 32.2. The van der Waals surface area contributed by atoms with Crippen LogP contribution in [0.1, 0.15) is 27.0 Å². The molecule has 0 aliphatic rings. The highest BCUT2D eigenvalue weighted by molar-refractivity contribution is 7.99. The van der Waals surface area contributed by atoms with Crippen molar-refractivity contribution in [1.82, 2.24) is 0 Å². The van der Waals surface area contributed by atoms with Gasteiger partial charge < -0.3 is 15.5 Å². The molecule has 0 aliphatic heterocycles. The number of hydrogen-bond donors (Lipinski definition) is 2. The first-order valence-electron chi connectivity index (χ1n) is 8.65. The van der Waals surface area contributed by atoms with Gasteiger partial charge in [-0.1, -0.05) is 12.1 Å². The third-order valence-corrected chi connectivity index (χ3v) is 5.38. The summed E-state index contributed by atoms with van der Waals surface area (Å²) in [6.45, 7) is 3.96. The van der Waals surface area contributed by atoms with E-state index in [-0.39, 0.29) is 17.2 Å². The summed E-state index contributed by atoms with van der Waals surface area (Å²) in [5.41, 5.74) is 9.09. The third kappa shape index (κ3) is 4.43. The fourth-order valence-corrected chi connectivity index (χ4v) is 3.67. The summed E-state index contributed by atoms with van der Waals surface area (Å²) in [6.07, 6.45) is 0. The van der Waals surface area contributed by atoms with Crippen molar-refractivity contribution in [3.8, 4) is 0 Å². The van der Waals surface area contributed by atoms with Crippen molar-refractivity contribution in [1.29, 1.82) is 0 Å². The second-order valence-corrected chi connectivity index (χ2v) is 7.46. The lowest BCUT2D eigenvalue weighted by atomic mass is 10.0. The van der Waals surface area contributed by atoms with Crippen LogP contribution in [0, 0.1) is 13.8 Å². The fourth-order valence-electron chi connectivity index (χ4n) is 2.85. The van der Waals surface area contributed by atoms with Crippen LogP contribution in [0.4, 0.5) is 5.69 Å². The summed E-state index contributed by atoms with van der Waals surface area (Å²) >= 11 is 1.37. The smallest absolute Gasteiger partial charge is 0.336 e. The summed E-state index contributed by atoms with van der Waals surface area (Å²) in [5, 5.41) is 3.57. The average Bonchev–Trinajstić information content (AvgIpc) is 2.63. The quantitative estimate of drug-likeness (QED) is 0.622. The molecular formula is C21H20N2O4S. The van der Waals surface area contributed by atoms with Crippen LogP contribution in [0.25, 0.3) is 11.0 Å². The molecule has 0 unspecified atom stereocenters. The third-order valence-electron chi connectivity index (χ3n) is 4.40. The van der Waals surface area contributed by atoms with Crippen molar-refractivity contribution in [3.63, 3.8) is 0 Å². The Balaban J connectivity index is 1.70. The molecule has 1 heterocycles. The molecule has 1 aromatic heterocycles. The maximum absolute atomic E-state index is 12.2. The second-order valence-electron chi connectivity index (χ2n) is 6.47. The van der Waals surface area contributed by atoms with E-state index in [9.17, 15) is 14.4 Å². The van der Waals surface area contributed by atoms with Crippen LogP contribution in [-0.4, -0.2) is 17.6 Å². The highest BCUT2D eigenvalue weighted by Gasteiger charge is 2.12. The molecule has 6 nitrogen and oxygen atoms in total. The summed E-state index contributed by atoms with van der Waals surface area (Å²) in [7, 11) is 0. The van der Waals surface area contributed by atoms with Gasteiger partial charge in [0.15, 0.2) is 0 Å². The van der Waals surface area contributed by atoms with Gasteiger partial charge in [-0.3, -0.25) is 9.59 Å². The molecule has 0 saturated carbocycles. The minimum absolute atomic E-state index is 0.166. The molecule has 0 aliphatic carbocycles. The first-order valence-corrected chi connectivity index (χ1v) is 9.81. The molecule has 7 heteroatoms. The van der Waals surface area contributed by atoms with E-state index in [1.807, 2.05) is 26.0 Å². The Morgan fingerprint density at radius 2 is 1.82 bits per heavy atom. The van der Waals surface area contributed by atoms with Crippen LogP contribution >= 0.6 is 11.8 Å². The van der Waals surface area contributed by atoms with E-state index in [4.69, 9.17) is 10.2 Å². The number of primary amides is 1. The summed E-state index contributed by atoms with van der Waals surface area (Å²) in [6, 6.07) is 11.9. The van der Waals surface area contributed by atoms with E-state index < -0.39 is 11.5 Å². The topological polar surface area (TPSA) is 102 Å². The fraction of sp³-hybridized carbons (Fsp3) is 0.190. The maximum atomic E-state index is 12.2. The van der Waals surface area contributed by atoms with Crippen molar-refractivity contribution >= 4 is 40.2 Å². The number of benzene rings is 2. The Bertz CT molecular complexity index is 1120. The van der Waals surface area contributed by atoms with Gasteiger partial charge in [0, 0.05) is 17.2 Å². The molecule has 2 aromatic carbocycles. The Kier molecular flexibility index (Phi) is 5.84. The Morgan fingerprint density at radius 1 is 1.11 bits per heavy atom. The molecular weight excluding hydrogens is 376 g/mol. The molecule has 0 fully saturated rings. The number of thioether (sulfide) groups is 1. The monoisotopic (exact) mass is 396 g/mol. The summed E-state index contributed by atoms with van der Waals surface area (Å²) < 4.78 is 5.29. The van der Waals surface area contributed by atoms with Gasteiger partial charge in [0.05, 0.1) is 17.0 Å². The van der Waals surface area contributed by atoms with E-state index >= 15 is 0 Å². The van der Waals surface area contributed by atoms with E-state index in [2.05, 4.69) is 5.32 Å². The molecule has 0 saturated heterocycles. The van der Waals surface area contributed by atoms with E-state index in [1.165, 1.54) is 17.8 Å². The molecule has 28 heavy (non-hydrogen) atoms. The SMILES string of the molecule is Cc1cc2oc(=O)cc(CSCC(=O)Nc3ccccc3C(N)=O)c2cc1C. The Hall–Kier alpha value is -3.06. The number of hydrogen-bond acceptors (Lipinski definition) is 5. The largest absolute Gasteiger partial charge is 0.423 e. The number of anilines is 1. The highest BCUT2D eigenvalue weighted by Crippen LogP contribution is 2.25. The number of nitrogens with one attached hydrogen (secondary N) is 1. The summed E-state index contributed by atoms with van der Waals surface area (Å²) in [4.78, 5) is 35.5. The zero-order valence-electron chi connectivity index (χ0n) is 15.6. The number of aryl methyl sites for hydroxylation is 2. The van der Waals surface area contributed by atoms with E-state index in [0.29, 0.717) is 17.0 Å². The van der Waals surface area contributed by atoms with Gasteiger partial charge in [-0.2, -0.15) is 0 Å². The van der Waals surface area contributed by atoms with Crippen molar-refractivity contribution < 1.29 is 14.0 Å². The van der Waals surface area contributed by atoms with Crippen LogP contribution in [0.15, 0.2) is 51.7 Å². The number of fused-ring (bicyclic) bond motifs is 1. The van der Waals surface area contributed by atoms with E-state index in [1.54, 1.807) is 24.3 Å². The van der Waals surface area contributed by atoms with Gasteiger partial charge in [0.2, 0.25) is 5.91 Å². The van der Waals surface area contributed by atoms with Crippen LogP contribution in [-0.2, 0) is 10.5 Å². The molecule has 0 bridgehead atoms. The van der Waals surface area contributed by atoms with Crippen molar-refractivity contribution in [2.45, 2.75) is 19.6 Å². The Labute approximate surface area is 166 Å². The lowest BCUT2D eigenvalue weighted by Gasteiger charge is -2.10. The van der Waals surface area contributed by atoms with Crippen LogP contribution < -0.4 is 16.7 Å². The van der Waals surface area contributed by atoms with Crippen molar-refractivity contribution in [2.24, 2.45) is 5.73 Å². The maximum Gasteiger partial charge on any atom is 0.336 e. The van der Waals surface area contributed by atoms with Gasteiger partial charge in [-0.05, 0) is 54.8 Å². The van der Waals surface area contributed by atoms with Crippen LogP contribution in [0.3, 0.4) is 0 Å². The van der Waals surface area contributed by atoms with Gasteiger partial charge in [-0.25, -0.2) is 4.79 Å². The number of rotatable bonds is 6. The molecule has 3 rings (SSSR count). The molecule has 3 aromatic rings. The summed E-state index contributed by atoms with van der Waals surface area (Å²) in [5.74, 6) is -0.204. The molecule has 3 N–H and O–H groups in total. The van der Waals surface area contributed by atoms with E-state index in [0.717, 1.165) is 22.1 Å². The first kappa shape index (κ1) is 19.7. The number of para-hydroxylation sites is 1. The second kappa shape index (κ2) is 8.31. The molecule has 144 valence electrons. The van der Waals surface area contributed by atoms with Gasteiger partial charge in [0.25, 0.3) is 5.91 Å². The minimum Gasteiger partial charge on any atom is -0.423 e. The number of amides is 2. The predicted molar refractivity (Wildman–Crippen MR) is 112 cm³/mol. The molecule has 0 atom stereocenters. The first-order chi connectivity index (χ1) is 13.3. The van der Waals surface area contributed by atoms with Crippen molar-refractivity contribution in [3.05, 3.63) is 75.1 Å². The van der Waals surface area contributed by atoms with Gasteiger partial charge >= 0.3 is 5.63 Å². The van der Waals surface area contributed by atoms with Crippen LogP contribution in [0.2, 0.25) is 0 Å². The standard InChI is InChI=1S/C21H20N2O4S/c1-12-7-16-14(9-20(25)27-18(16)8-13(12)2)10-28-11-19(24)23-17-6-4-3-5-15(17)21(22)26/h3-9H,10-11H2,1-2H3,(H2,22,26)(H,23,24). The zero-order chi connectivity index (χ0) is 20.3. The molecule has 2 amide bonds. The predicted octanol–water partition coefficient (Wildman–Crippen LogP) is 3.38. The lowest BCUT2D eigenvalue weighted by molar-refractivity contribution is -0.113. The lowest BCUT2D eigenvalue weighted by Crippen LogP contribution is -2.19. The molecule has 0 radical (unpaired) electrons. The molecule has 0 spiro atoms. The van der Waals surface area contributed by atoms with Gasteiger partial charge in [0.1, 0.15) is 5.58 Å². The van der Waals surface area contributed by atoms with Gasteiger partial charge in [-0.15, -0.1) is 11.8 Å². The number of carbonyl (C=O) groups excluding carboxylic acids is 2. The van der Waals surface area contributed by atoms with Crippen LogP contribution in [0.5, 0.6) is 0 Å². The Morgan fingerprint density at radius 3 is 2.57 bits per heavy atom. The minimum atomic E-state index is -0.600. The normalized spacial score (nSPS) is 10.8. The zero-order valence-corrected chi connectivity index (χ0v) is 16.4.